The molecular weight excluding hydrogens is 344 g/mol. The first-order valence-electron chi connectivity index (χ1n) is 9.42. The minimum atomic E-state index is -0.145. The van der Waals surface area contributed by atoms with E-state index < -0.39 is 0 Å². The summed E-state index contributed by atoms with van der Waals surface area (Å²) in [6.45, 7) is 4.98. The average molecular weight is 368 g/mol. The van der Waals surface area contributed by atoms with E-state index in [1.54, 1.807) is 15.6 Å². The maximum atomic E-state index is 13.0. The molecule has 4 rings (SSSR count). The van der Waals surface area contributed by atoms with Gasteiger partial charge < -0.3 is 15.0 Å². The van der Waals surface area contributed by atoms with Crippen LogP contribution in [0.3, 0.4) is 0 Å². The molecule has 2 aromatic rings. The van der Waals surface area contributed by atoms with Crippen LogP contribution in [0, 0.1) is 5.92 Å². The molecule has 1 saturated carbocycles. The molecule has 2 unspecified atom stereocenters. The standard InChI is InChI=1S/C20H24N4O3/c1-13-11-23(12-14(2)27-13)20(26)17-10-18(21-19(25)15-8-9-15)24(22-17)16-6-4-3-5-7-16/h3-7,10,13-15H,8-9,11-12H2,1-2H3,(H,21,25). The van der Waals surface area contributed by atoms with Gasteiger partial charge in [-0.2, -0.15) is 5.10 Å². The van der Waals surface area contributed by atoms with Gasteiger partial charge in [-0.25, -0.2) is 4.68 Å². The van der Waals surface area contributed by atoms with E-state index in [0.29, 0.717) is 24.6 Å². The normalized spacial score (nSPS) is 22.5. The van der Waals surface area contributed by atoms with Crippen LogP contribution in [0.5, 0.6) is 0 Å². The van der Waals surface area contributed by atoms with E-state index in [1.165, 1.54) is 0 Å². The molecule has 7 nitrogen and oxygen atoms in total. The van der Waals surface area contributed by atoms with Crippen LogP contribution in [0.15, 0.2) is 36.4 Å². The summed E-state index contributed by atoms with van der Waals surface area (Å²) in [5.74, 6) is 0.438. The predicted octanol–water partition coefficient (Wildman–Crippen LogP) is 2.47. The zero-order chi connectivity index (χ0) is 19.0. The van der Waals surface area contributed by atoms with E-state index in [1.807, 2.05) is 44.2 Å². The lowest BCUT2D eigenvalue weighted by Gasteiger charge is -2.34. The van der Waals surface area contributed by atoms with Crippen molar-refractivity contribution in [1.82, 2.24) is 14.7 Å². The Morgan fingerprint density at radius 1 is 1.11 bits per heavy atom. The largest absolute Gasteiger partial charge is 0.372 e. The fourth-order valence-electron chi connectivity index (χ4n) is 3.42. The fraction of sp³-hybridized carbons (Fsp3) is 0.450. The van der Waals surface area contributed by atoms with E-state index >= 15 is 0 Å². The second-order valence-electron chi connectivity index (χ2n) is 7.39. The number of morpholine rings is 1. The van der Waals surface area contributed by atoms with E-state index in [4.69, 9.17) is 4.74 Å². The maximum Gasteiger partial charge on any atom is 0.274 e. The van der Waals surface area contributed by atoms with Crippen molar-refractivity contribution in [1.29, 1.82) is 0 Å². The number of hydrogen-bond acceptors (Lipinski definition) is 4. The Hall–Kier alpha value is -2.67. The van der Waals surface area contributed by atoms with E-state index in [2.05, 4.69) is 10.4 Å². The Balaban J connectivity index is 1.63. The molecule has 1 aromatic carbocycles. The smallest absolute Gasteiger partial charge is 0.274 e. The van der Waals surface area contributed by atoms with Crippen LogP contribution >= 0.6 is 0 Å². The molecule has 2 aliphatic rings. The summed E-state index contributed by atoms with van der Waals surface area (Å²) in [5, 5.41) is 7.44. The minimum Gasteiger partial charge on any atom is -0.372 e. The van der Waals surface area contributed by atoms with Gasteiger partial charge in [0, 0.05) is 25.1 Å². The molecule has 0 spiro atoms. The molecule has 2 amide bonds. The minimum absolute atomic E-state index is 0.0112. The molecule has 142 valence electrons. The number of amides is 2. The van der Waals surface area contributed by atoms with Gasteiger partial charge in [0.2, 0.25) is 5.91 Å². The van der Waals surface area contributed by atoms with Gasteiger partial charge in [-0.15, -0.1) is 0 Å². The van der Waals surface area contributed by atoms with E-state index in [-0.39, 0.29) is 29.9 Å². The molecule has 0 radical (unpaired) electrons. The number of anilines is 1. The van der Waals surface area contributed by atoms with Gasteiger partial charge in [0.1, 0.15) is 5.82 Å². The summed E-state index contributed by atoms with van der Waals surface area (Å²) in [6.07, 6.45) is 1.81. The summed E-state index contributed by atoms with van der Waals surface area (Å²) < 4.78 is 7.34. The third-order valence-corrected chi connectivity index (χ3v) is 4.84. The van der Waals surface area contributed by atoms with Crippen LogP contribution < -0.4 is 5.32 Å². The van der Waals surface area contributed by atoms with Gasteiger partial charge in [-0.3, -0.25) is 9.59 Å². The van der Waals surface area contributed by atoms with Crippen LogP contribution in [0.4, 0.5) is 5.82 Å². The quantitative estimate of drug-likeness (QED) is 0.899. The highest BCUT2D eigenvalue weighted by Gasteiger charge is 2.32. The Kier molecular flexibility index (Phi) is 4.70. The Bertz CT molecular complexity index is 834. The fourth-order valence-corrected chi connectivity index (χ4v) is 3.42. The van der Waals surface area contributed by atoms with Gasteiger partial charge in [-0.05, 0) is 38.8 Å². The number of ether oxygens (including phenoxy) is 1. The SMILES string of the molecule is CC1CN(C(=O)c2cc(NC(=O)C3CC3)n(-c3ccccc3)n2)CC(C)O1. The van der Waals surface area contributed by atoms with Crippen LogP contribution in [0.2, 0.25) is 0 Å². The van der Waals surface area contributed by atoms with E-state index in [9.17, 15) is 9.59 Å². The van der Waals surface area contributed by atoms with Crippen LogP contribution in [-0.4, -0.2) is 51.8 Å². The van der Waals surface area contributed by atoms with Crippen molar-refractivity contribution in [2.75, 3.05) is 18.4 Å². The highest BCUT2D eigenvalue weighted by atomic mass is 16.5. The van der Waals surface area contributed by atoms with Crippen molar-refractivity contribution in [2.24, 2.45) is 5.92 Å². The number of para-hydroxylation sites is 1. The average Bonchev–Trinajstić information content (AvgIpc) is 3.42. The molecule has 27 heavy (non-hydrogen) atoms. The molecule has 0 bridgehead atoms. The number of benzene rings is 1. The molecule has 2 heterocycles. The summed E-state index contributed by atoms with van der Waals surface area (Å²) in [4.78, 5) is 27.0. The molecule has 1 saturated heterocycles. The van der Waals surface area contributed by atoms with Crippen molar-refractivity contribution in [3.05, 3.63) is 42.1 Å². The molecular formula is C20H24N4O3. The summed E-state index contributed by atoms with van der Waals surface area (Å²) in [6, 6.07) is 11.2. The van der Waals surface area contributed by atoms with Crippen molar-refractivity contribution in [3.8, 4) is 5.69 Å². The first-order valence-corrected chi connectivity index (χ1v) is 9.42. The number of carbonyl (C=O) groups excluding carboxylic acids is 2. The highest BCUT2D eigenvalue weighted by Crippen LogP contribution is 2.30. The maximum absolute atomic E-state index is 13.0. The summed E-state index contributed by atoms with van der Waals surface area (Å²) >= 11 is 0. The monoisotopic (exact) mass is 368 g/mol. The van der Waals surface area contributed by atoms with Gasteiger partial charge in [-0.1, -0.05) is 18.2 Å². The van der Waals surface area contributed by atoms with Crippen LogP contribution in [0.25, 0.3) is 5.69 Å². The molecule has 2 fully saturated rings. The lowest BCUT2D eigenvalue weighted by molar-refractivity contribution is -0.117. The summed E-state index contributed by atoms with van der Waals surface area (Å²) in [5.41, 5.74) is 1.12. The second-order valence-corrected chi connectivity index (χ2v) is 7.39. The second kappa shape index (κ2) is 7.15. The number of hydrogen-bond donors (Lipinski definition) is 1. The first-order chi connectivity index (χ1) is 13.0. The molecule has 1 aromatic heterocycles. The number of carbonyl (C=O) groups is 2. The third-order valence-electron chi connectivity index (χ3n) is 4.84. The lowest BCUT2D eigenvalue weighted by atomic mass is 10.2. The van der Waals surface area contributed by atoms with Crippen molar-refractivity contribution in [2.45, 2.75) is 38.9 Å². The number of nitrogens with zero attached hydrogens (tertiary/aromatic N) is 3. The lowest BCUT2D eigenvalue weighted by Crippen LogP contribution is -2.48. The number of aromatic nitrogens is 2. The zero-order valence-electron chi connectivity index (χ0n) is 15.6. The molecule has 1 aliphatic carbocycles. The van der Waals surface area contributed by atoms with Crippen molar-refractivity contribution in [3.63, 3.8) is 0 Å². The predicted molar refractivity (Wildman–Crippen MR) is 101 cm³/mol. The van der Waals surface area contributed by atoms with Gasteiger partial charge in [0.25, 0.3) is 5.91 Å². The number of rotatable bonds is 4. The van der Waals surface area contributed by atoms with Gasteiger partial charge in [0.05, 0.1) is 17.9 Å². The summed E-state index contributed by atoms with van der Waals surface area (Å²) in [7, 11) is 0. The molecule has 1 N–H and O–H groups in total. The van der Waals surface area contributed by atoms with Gasteiger partial charge in [0.15, 0.2) is 5.69 Å². The van der Waals surface area contributed by atoms with Gasteiger partial charge >= 0.3 is 0 Å². The van der Waals surface area contributed by atoms with Crippen LogP contribution in [-0.2, 0) is 9.53 Å². The van der Waals surface area contributed by atoms with Crippen LogP contribution in [0.1, 0.15) is 37.2 Å². The number of nitrogens with one attached hydrogen (secondary N) is 1. The first kappa shape index (κ1) is 17.7. The Labute approximate surface area is 158 Å². The molecule has 2 atom stereocenters. The topological polar surface area (TPSA) is 76.5 Å². The van der Waals surface area contributed by atoms with Crippen molar-refractivity contribution >= 4 is 17.6 Å². The Morgan fingerprint density at radius 3 is 2.41 bits per heavy atom. The van der Waals surface area contributed by atoms with Crippen molar-refractivity contribution < 1.29 is 14.3 Å². The molecule has 1 aliphatic heterocycles. The zero-order valence-corrected chi connectivity index (χ0v) is 15.6. The Morgan fingerprint density at radius 2 is 1.78 bits per heavy atom. The molecule has 7 heteroatoms. The van der Waals surface area contributed by atoms with E-state index in [0.717, 1.165) is 18.5 Å². The highest BCUT2D eigenvalue weighted by molar-refractivity contribution is 5.97. The third kappa shape index (κ3) is 3.88.